The molecule has 0 spiro atoms. The van der Waals surface area contributed by atoms with Crippen molar-refractivity contribution in [2.45, 2.75) is 52.3 Å². The van der Waals surface area contributed by atoms with E-state index in [4.69, 9.17) is 11.5 Å². The Morgan fingerprint density at radius 2 is 1.64 bits per heavy atom. The lowest BCUT2D eigenvalue weighted by Gasteiger charge is -2.29. The summed E-state index contributed by atoms with van der Waals surface area (Å²) in [5.41, 5.74) is 11.8. The van der Waals surface area contributed by atoms with Crippen molar-refractivity contribution in [3.05, 3.63) is 35.4 Å². The zero-order valence-electron chi connectivity index (χ0n) is 16.6. The molecule has 0 amide bonds. The van der Waals surface area contributed by atoms with Crippen LogP contribution < -0.4 is 11.5 Å². The minimum atomic E-state index is -4.42. The highest BCUT2D eigenvalue weighted by atomic mass is 19.4. The van der Waals surface area contributed by atoms with E-state index in [0.717, 1.165) is 18.2 Å². The number of nitrogen functional groups attached to an aromatic ring is 2. The van der Waals surface area contributed by atoms with Gasteiger partial charge in [0.25, 0.3) is 0 Å². The van der Waals surface area contributed by atoms with E-state index in [0.29, 0.717) is 16.8 Å². The van der Waals surface area contributed by atoms with Gasteiger partial charge in [0.05, 0.1) is 11.3 Å². The molecule has 5 nitrogen and oxygen atoms in total. The third-order valence-electron chi connectivity index (χ3n) is 4.80. The number of halogens is 3. The molecule has 28 heavy (non-hydrogen) atoms. The second-order valence-corrected chi connectivity index (χ2v) is 7.29. The molecule has 1 aromatic heterocycles. The topological polar surface area (TPSA) is 81.1 Å². The van der Waals surface area contributed by atoms with Crippen molar-refractivity contribution >= 4 is 11.5 Å². The molecular formula is C20H28F3N5. The van der Waals surface area contributed by atoms with E-state index in [2.05, 4.69) is 28.9 Å². The Balaban J connectivity index is 0.000000261. The van der Waals surface area contributed by atoms with Crippen LogP contribution in [0.1, 0.15) is 44.2 Å². The lowest BCUT2D eigenvalue weighted by Crippen LogP contribution is -2.35. The van der Waals surface area contributed by atoms with Crippen LogP contribution in [-0.2, 0) is 6.18 Å². The minimum absolute atomic E-state index is 0.00621. The Labute approximate surface area is 163 Å². The van der Waals surface area contributed by atoms with Crippen molar-refractivity contribution in [2.75, 3.05) is 24.6 Å². The molecule has 0 saturated carbocycles. The predicted octanol–water partition coefficient (Wildman–Crippen LogP) is 4.52. The summed E-state index contributed by atoms with van der Waals surface area (Å²) in [7, 11) is 0. The molecule has 1 aliphatic rings. The highest BCUT2D eigenvalue weighted by Crippen LogP contribution is 2.34. The van der Waals surface area contributed by atoms with Crippen LogP contribution in [0.4, 0.5) is 24.7 Å². The van der Waals surface area contributed by atoms with Gasteiger partial charge in [0.2, 0.25) is 0 Å². The molecular weight excluding hydrogens is 367 g/mol. The van der Waals surface area contributed by atoms with Gasteiger partial charge in [0, 0.05) is 17.3 Å². The number of likely N-dealkylation sites (tertiary alicyclic amines) is 1. The van der Waals surface area contributed by atoms with Crippen LogP contribution >= 0.6 is 0 Å². The molecule has 2 heterocycles. The second-order valence-electron chi connectivity index (χ2n) is 7.29. The number of piperidine rings is 1. The maximum atomic E-state index is 12.5. The zero-order valence-corrected chi connectivity index (χ0v) is 16.6. The van der Waals surface area contributed by atoms with Gasteiger partial charge in [-0.05, 0) is 70.5 Å². The summed E-state index contributed by atoms with van der Waals surface area (Å²) >= 11 is 0. The molecule has 8 heteroatoms. The van der Waals surface area contributed by atoms with E-state index in [-0.39, 0.29) is 11.5 Å². The first-order chi connectivity index (χ1) is 13.1. The van der Waals surface area contributed by atoms with E-state index >= 15 is 0 Å². The number of anilines is 2. The molecule has 1 saturated heterocycles. The normalized spacial score (nSPS) is 15.2. The molecule has 0 unspecified atom stereocenters. The maximum Gasteiger partial charge on any atom is 0.416 e. The highest BCUT2D eigenvalue weighted by molar-refractivity contribution is 5.75. The molecule has 4 N–H and O–H groups in total. The molecule has 0 aliphatic carbocycles. The van der Waals surface area contributed by atoms with Gasteiger partial charge in [-0.2, -0.15) is 13.2 Å². The second kappa shape index (κ2) is 9.23. The molecule has 1 aliphatic heterocycles. The van der Waals surface area contributed by atoms with Gasteiger partial charge in [-0.3, -0.25) is 0 Å². The summed E-state index contributed by atoms with van der Waals surface area (Å²) in [5.74, 6) is 0.272. The van der Waals surface area contributed by atoms with Crippen LogP contribution in [0.3, 0.4) is 0 Å². The third-order valence-corrected chi connectivity index (χ3v) is 4.80. The fourth-order valence-electron chi connectivity index (χ4n) is 3.03. The largest absolute Gasteiger partial charge is 0.416 e. The van der Waals surface area contributed by atoms with Crippen LogP contribution in [0.15, 0.2) is 24.3 Å². The fourth-order valence-corrected chi connectivity index (χ4v) is 3.03. The van der Waals surface area contributed by atoms with E-state index in [1.165, 1.54) is 38.4 Å². The van der Waals surface area contributed by atoms with Gasteiger partial charge in [0.15, 0.2) is 0 Å². The van der Waals surface area contributed by atoms with Gasteiger partial charge in [0.1, 0.15) is 5.82 Å². The first kappa shape index (κ1) is 21.9. The van der Waals surface area contributed by atoms with Crippen molar-refractivity contribution in [3.63, 3.8) is 0 Å². The van der Waals surface area contributed by atoms with E-state index in [9.17, 15) is 13.2 Å². The number of aryl methyl sites for hydroxylation is 1. The number of rotatable bonds is 2. The average molecular weight is 395 g/mol. The van der Waals surface area contributed by atoms with Crippen LogP contribution in [0.5, 0.6) is 0 Å². The SMILES string of the molecule is CC(C)N1CCCCC1.Cc1cc(-c2ccc(C(F)(F)F)cc2N)nnc1N. The lowest BCUT2D eigenvalue weighted by molar-refractivity contribution is -0.137. The lowest BCUT2D eigenvalue weighted by atomic mass is 10.0. The molecule has 154 valence electrons. The number of aromatic nitrogens is 2. The first-order valence-corrected chi connectivity index (χ1v) is 9.40. The third kappa shape index (κ3) is 5.82. The van der Waals surface area contributed by atoms with Crippen molar-refractivity contribution in [1.29, 1.82) is 0 Å². The smallest absolute Gasteiger partial charge is 0.398 e. The average Bonchev–Trinajstić information content (AvgIpc) is 2.64. The Bertz CT molecular complexity index is 784. The Morgan fingerprint density at radius 1 is 1.00 bits per heavy atom. The van der Waals surface area contributed by atoms with E-state index in [1.54, 1.807) is 13.0 Å². The Kier molecular flexibility index (Phi) is 7.23. The highest BCUT2D eigenvalue weighted by Gasteiger charge is 2.31. The summed E-state index contributed by atoms with van der Waals surface area (Å²) in [4.78, 5) is 2.56. The van der Waals surface area contributed by atoms with Gasteiger partial charge >= 0.3 is 6.18 Å². The quantitative estimate of drug-likeness (QED) is 0.731. The summed E-state index contributed by atoms with van der Waals surface area (Å²) in [6.07, 6.45) is -0.144. The van der Waals surface area contributed by atoms with Crippen LogP contribution in [-0.4, -0.2) is 34.2 Å². The standard InChI is InChI=1S/C12H11F3N4.C8H17N/c1-6-4-10(18-19-11(6)17)8-3-2-7(5-9(8)16)12(13,14)15;1-8(2)9-6-4-3-5-7-9/h2-5H,16H2,1H3,(H2,17,19);8H,3-7H2,1-2H3. The predicted molar refractivity (Wildman–Crippen MR) is 107 cm³/mol. The van der Waals surface area contributed by atoms with Crippen molar-refractivity contribution in [3.8, 4) is 11.3 Å². The van der Waals surface area contributed by atoms with Crippen LogP contribution in [0, 0.1) is 6.92 Å². The number of nitrogens with zero attached hydrogens (tertiary/aromatic N) is 3. The molecule has 0 bridgehead atoms. The number of hydrogen-bond acceptors (Lipinski definition) is 5. The molecule has 0 radical (unpaired) electrons. The molecule has 1 fully saturated rings. The summed E-state index contributed by atoms with van der Waals surface area (Å²) in [6.45, 7) is 8.96. The van der Waals surface area contributed by atoms with Crippen LogP contribution in [0.25, 0.3) is 11.3 Å². The fraction of sp³-hybridized carbons (Fsp3) is 0.500. The monoisotopic (exact) mass is 395 g/mol. The van der Waals surface area contributed by atoms with E-state index < -0.39 is 11.7 Å². The minimum Gasteiger partial charge on any atom is -0.398 e. The Hall–Kier alpha value is -2.35. The summed E-state index contributed by atoms with van der Waals surface area (Å²) in [5, 5.41) is 7.54. The van der Waals surface area contributed by atoms with Gasteiger partial charge in [-0.1, -0.05) is 12.5 Å². The maximum absolute atomic E-state index is 12.5. The van der Waals surface area contributed by atoms with Gasteiger partial charge in [-0.15, -0.1) is 10.2 Å². The number of alkyl halides is 3. The number of benzene rings is 1. The van der Waals surface area contributed by atoms with E-state index in [1.807, 2.05) is 0 Å². The van der Waals surface area contributed by atoms with Gasteiger partial charge in [-0.25, -0.2) is 0 Å². The van der Waals surface area contributed by atoms with Crippen molar-refractivity contribution < 1.29 is 13.2 Å². The zero-order chi connectivity index (χ0) is 20.9. The summed E-state index contributed by atoms with van der Waals surface area (Å²) in [6, 6.07) is 5.51. The Morgan fingerprint density at radius 3 is 2.11 bits per heavy atom. The van der Waals surface area contributed by atoms with Crippen molar-refractivity contribution in [1.82, 2.24) is 15.1 Å². The number of hydrogen-bond donors (Lipinski definition) is 2. The summed E-state index contributed by atoms with van der Waals surface area (Å²) < 4.78 is 37.6. The number of nitrogens with two attached hydrogens (primary N) is 2. The van der Waals surface area contributed by atoms with Crippen molar-refractivity contribution in [2.24, 2.45) is 0 Å². The molecule has 1 aromatic carbocycles. The van der Waals surface area contributed by atoms with Gasteiger partial charge < -0.3 is 16.4 Å². The first-order valence-electron chi connectivity index (χ1n) is 9.40. The molecule has 2 aromatic rings. The molecule has 3 rings (SSSR count). The van der Waals surface area contributed by atoms with Crippen LogP contribution in [0.2, 0.25) is 0 Å². The molecule has 0 atom stereocenters.